The first-order valence-corrected chi connectivity index (χ1v) is 6.32. The average Bonchev–Trinajstić information content (AvgIpc) is 2.33. The zero-order valence-electron chi connectivity index (χ0n) is 10.1. The minimum atomic E-state index is -2.47. The van der Waals surface area contributed by atoms with Gasteiger partial charge in [0.2, 0.25) is 0 Å². The van der Waals surface area contributed by atoms with Crippen molar-refractivity contribution in [3.05, 3.63) is 28.2 Å². The lowest BCUT2D eigenvalue weighted by Gasteiger charge is -2.10. The molecule has 0 saturated heterocycles. The Labute approximate surface area is 114 Å². The molecule has 0 spiro atoms. The van der Waals surface area contributed by atoms with E-state index in [-0.39, 0.29) is 0 Å². The number of alkyl halides is 2. The maximum absolute atomic E-state index is 12.0. The van der Waals surface area contributed by atoms with E-state index in [0.717, 1.165) is 12.1 Å². The topological polar surface area (TPSA) is 30.5 Å². The summed E-state index contributed by atoms with van der Waals surface area (Å²) in [6, 6.07) is 5.37. The van der Waals surface area contributed by atoms with Crippen molar-refractivity contribution < 1.29 is 18.3 Å². The number of ether oxygens (including phenoxy) is 2. The molecule has 0 aliphatic rings. The van der Waals surface area contributed by atoms with Crippen LogP contribution < -0.4 is 10.1 Å². The second kappa shape index (κ2) is 8.39. The molecule has 0 unspecified atom stereocenters. The molecule has 0 fully saturated rings. The minimum Gasteiger partial charge on any atom is -0.486 e. The van der Waals surface area contributed by atoms with E-state index >= 15 is 0 Å². The minimum absolute atomic E-state index is 0.427. The van der Waals surface area contributed by atoms with Crippen molar-refractivity contribution in [1.82, 2.24) is 5.32 Å². The van der Waals surface area contributed by atoms with Crippen molar-refractivity contribution in [3.63, 3.8) is 0 Å². The molecule has 1 aromatic carbocycles. The number of hydrogen-bond acceptors (Lipinski definition) is 3. The van der Waals surface area contributed by atoms with Crippen LogP contribution in [0.1, 0.15) is 5.56 Å². The van der Waals surface area contributed by atoms with Crippen LogP contribution in [-0.2, 0) is 11.3 Å². The van der Waals surface area contributed by atoms with Crippen LogP contribution in [0.15, 0.2) is 22.7 Å². The molecule has 0 atom stereocenters. The summed E-state index contributed by atoms with van der Waals surface area (Å²) in [5, 5.41) is 3.19. The van der Waals surface area contributed by atoms with Gasteiger partial charge in [-0.1, -0.05) is 6.07 Å². The van der Waals surface area contributed by atoms with Crippen LogP contribution in [0.5, 0.6) is 5.75 Å². The van der Waals surface area contributed by atoms with E-state index in [1.54, 1.807) is 13.2 Å². The lowest BCUT2D eigenvalue weighted by molar-refractivity contribution is 0.0815. The molecule has 102 valence electrons. The number of nitrogens with one attached hydrogen (secondary N) is 1. The predicted octanol–water partition coefficient (Wildman–Crippen LogP) is 2.83. The molecular weight excluding hydrogens is 308 g/mol. The van der Waals surface area contributed by atoms with Gasteiger partial charge in [-0.05, 0) is 33.6 Å². The number of methoxy groups -OCH3 is 1. The summed E-state index contributed by atoms with van der Waals surface area (Å²) >= 11 is 3.30. The first kappa shape index (κ1) is 15.3. The summed E-state index contributed by atoms with van der Waals surface area (Å²) in [5.41, 5.74) is 1.04. The Morgan fingerprint density at radius 1 is 1.39 bits per heavy atom. The Hall–Kier alpha value is -0.720. The highest BCUT2D eigenvalue weighted by atomic mass is 79.9. The highest BCUT2D eigenvalue weighted by Gasteiger charge is 2.07. The fourth-order valence-corrected chi connectivity index (χ4v) is 1.87. The molecule has 18 heavy (non-hydrogen) atoms. The molecule has 0 aliphatic carbocycles. The van der Waals surface area contributed by atoms with E-state index in [4.69, 9.17) is 9.47 Å². The van der Waals surface area contributed by atoms with Crippen molar-refractivity contribution >= 4 is 15.9 Å². The zero-order valence-corrected chi connectivity index (χ0v) is 11.7. The Kier molecular flexibility index (Phi) is 7.15. The van der Waals surface area contributed by atoms with Gasteiger partial charge in [0.25, 0.3) is 6.43 Å². The maximum atomic E-state index is 12.0. The third kappa shape index (κ3) is 5.75. The monoisotopic (exact) mass is 323 g/mol. The van der Waals surface area contributed by atoms with Gasteiger partial charge in [-0.15, -0.1) is 0 Å². The number of halogens is 3. The van der Waals surface area contributed by atoms with Crippen LogP contribution >= 0.6 is 15.9 Å². The van der Waals surface area contributed by atoms with Crippen LogP contribution in [0, 0.1) is 0 Å². The van der Waals surface area contributed by atoms with Gasteiger partial charge >= 0.3 is 0 Å². The summed E-state index contributed by atoms with van der Waals surface area (Å²) in [7, 11) is 1.65. The summed E-state index contributed by atoms with van der Waals surface area (Å²) in [5.74, 6) is 0.427. The molecule has 0 bridgehead atoms. The van der Waals surface area contributed by atoms with Crippen LogP contribution in [-0.4, -0.2) is 33.3 Å². The fraction of sp³-hybridized carbons (Fsp3) is 0.500. The Balaban J connectivity index is 2.46. The highest BCUT2D eigenvalue weighted by molar-refractivity contribution is 9.10. The van der Waals surface area contributed by atoms with E-state index in [1.165, 1.54) is 0 Å². The van der Waals surface area contributed by atoms with Crippen LogP contribution in [0.2, 0.25) is 0 Å². The molecule has 1 aromatic rings. The van der Waals surface area contributed by atoms with Gasteiger partial charge in [0, 0.05) is 20.2 Å². The van der Waals surface area contributed by atoms with Crippen LogP contribution in [0.4, 0.5) is 8.78 Å². The van der Waals surface area contributed by atoms with E-state index in [2.05, 4.69) is 21.2 Å². The lowest BCUT2D eigenvalue weighted by atomic mass is 10.2. The van der Waals surface area contributed by atoms with E-state index in [9.17, 15) is 8.78 Å². The third-order valence-electron chi connectivity index (χ3n) is 2.17. The Morgan fingerprint density at radius 3 is 2.78 bits per heavy atom. The average molecular weight is 324 g/mol. The summed E-state index contributed by atoms with van der Waals surface area (Å²) in [6.07, 6.45) is -2.47. The molecule has 3 nitrogen and oxygen atoms in total. The van der Waals surface area contributed by atoms with E-state index in [0.29, 0.717) is 23.4 Å². The maximum Gasteiger partial charge on any atom is 0.272 e. The van der Waals surface area contributed by atoms with Gasteiger partial charge in [-0.25, -0.2) is 8.78 Å². The first-order chi connectivity index (χ1) is 8.63. The van der Waals surface area contributed by atoms with E-state index < -0.39 is 13.0 Å². The van der Waals surface area contributed by atoms with Crippen molar-refractivity contribution in [3.8, 4) is 5.75 Å². The number of hydrogen-bond donors (Lipinski definition) is 1. The van der Waals surface area contributed by atoms with E-state index in [1.807, 2.05) is 12.1 Å². The Bertz CT molecular complexity index is 364. The molecule has 6 heteroatoms. The van der Waals surface area contributed by atoms with Gasteiger partial charge in [0.05, 0.1) is 11.1 Å². The van der Waals surface area contributed by atoms with Crippen molar-refractivity contribution in [2.75, 3.05) is 26.9 Å². The molecular formula is C12H16BrF2NO2. The van der Waals surface area contributed by atoms with Gasteiger partial charge in [0.15, 0.2) is 0 Å². The SMILES string of the molecule is COCCNCc1ccc(OCC(F)F)c(Br)c1. The largest absolute Gasteiger partial charge is 0.486 e. The lowest BCUT2D eigenvalue weighted by Crippen LogP contribution is -2.18. The zero-order chi connectivity index (χ0) is 13.4. The predicted molar refractivity (Wildman–Crippen MR) is 69.2 cm³/mol. The standard InChI is InChI=1S/C12H16BrF2NO2/c1-17-5-4-16-7-9-2-3-11(10(13)6-9)18-8-12(14)15/h2-3,6,12,16H,4-5,7-8H2,1H3. The third-order valence-corrected chi connectivity index (χ3v) is 2.79. The van der Waals surface area contributed by atoms with Gasteiger partial charge in [0.1, 0.15) is 12.4 Å². The quantitative estimate of drug-likeness (QED) is 0.746. The molecule has 0 aliphatic heterocycles. The summed E-state index contributed by atoms with van der Waals surface area (Å²) < 4.78 is 34.6. The fourth-order valence-electron chi connectivity index (χ4n) is 1.33. The molecule has 0 saturated carbocycles. The van der Waals surface area contributed by atoms with Gasteiger partial charge < -0.3 is 14.8 Å². The van der Waals surface area contributed by atoms with Crippen molar-refractivity contribution in [2.24, 2.45) is 0 Å². The molecule has 0 radical (unpaired) electrons. The normalized spacial score (nSPS) is 10.9. The van der Waals surface area contributed by atoms with Gasteiger partial charge in [-0.3, -0.25) is 0 Å². The molecule has 0 aromatic heterocycles. The Morgan fingerprint density at radius 2 is 2.17 bits per heavy atom. The molecule has 1 N–H and O–H groups in total. The summed E-state index contributed by atoms with van der Waals surface area (Å²) in [6.45, 7) is 1.51. The van der Waals surface area contributed by atoms with Crippen molar-refractivity contribution in [2.45, 2.75) is 13.0 Å². The van der Waals surface area contributed by atoms with Crippen LogP contribution in [0.25, 0.3) is 0 Å². The summed E-state index contributed by atoms with van der Waals surface area (Å²) in [4.78, 5) is 0. The molecule has 0 amide bonds. The smallest absolute Gasteiger partial charge is 0.272 e. The number of benzene rings is 1. The number of rotatable bonds is 8. The molecule has 0 heterocycles. The van der Waals surface area contributed by atoms with Crippen molar-refractivity contribution in [1.29, 1.82) is 0 Å². The second-order valence-electron chi connectivity index (χ2n) is 3.64. The highest BCUT2D eigenvalue weighted by Crippen LogP contribution is 2.26. The van der Waals surface area contributed by atoms with Crippen LogP contribution in [0.3, 0.4) is 0 Å². The second-order valence-corrected chi connectivity index (χ2v) is 4.49. The molecule has 1 rings (SSSR count). The van der Waals surface area contributed by atoms with Gasteiger partial charge in [-0.2, -0.15) is 0 Å². The first-order valence-electron chi connectivity index (χ1n) is 5.52.